The van der Waals surface area contributed by atoms with Gasteiger partial charge in [0, 0.05) is 30.0 Å². The molecule has 0 unspecified atom stereocenters. The van der Waals surface area contributed by atoms with E-state index < -0.39 is 5.97 Å². The topological polar surface area (TPSA) is 66.4 Å². The monoisotopic (exact) mass is 702 g/mol. The van der Waals surface area contributed by atoms with E-state index in [1.165, 1.54) is 32.7 Å². The fraction of sp³-hybridized carbons (Fsp3) is 0.175. The number of fused-ring (bicyclic) bond motifs is 3. The molecule has 1 N–H and O–H groups in total. The SMILES string of the molecule is CCN1C(=CC=c2sc(=Cc3sc(-c4ccccc4)c(-c4ccccc4)[n+]3CCCC(=O)O)n(CC)c2=O)Sc2c1ccc1ccccc21. The minimum absolute atomic E-state index is 0.00911. The summed E-state index contributed by atoms with van der Waals surface area (Å²) in [5, 5.41) is 14.0. The number of rotatable bonds is 10. The van der Waals surface area contributed by atoms with Crippen molar-refractivity contribution in [3.63, 3.8) is 0 Å². The van der Waals surface area contributed by atoms with Gasteiger partial charge in [-0.1, -0.05) is 102 Å². The van der Waals surface area contributed by atoms with E-state index in [4.69, 9.17) is 0 Å². The zero-order chi connectivity index (χ0) is 33.9. The number of thioether (sulfide) groups is 1. The Labute approximate surface area is 297 Å². The molecule has 0 saturated heterocycles. The molecule has 49 heavy (non-hydrogen) atoms. The molecule has 246 valence electrons. The van der Waals surface area contributed by atoms with Crippen LogP contribution in [0.1, 0.15) is 31.7 Å². The number of benzene rings is 4. The van der Waals surface area contributed by atoms with Crippen LogP contribution in [0.25, 0.3) is 44.6 Å². The first-order chi connectivity index (χ1) is 24.0. The van der Waals surface area contributed by atoms with Gasteiger partial charge in [-0.05, 0) is 60.5 Å². The van der Waals surface area contributed by atoms with E-state index in [0.717, 1.165) is 42.9 Å². The van der Waals surface area contributed by atoms with Crippen LogP contribution in [0.15, 0.2) is 118 Å². The highest BCUT2D eigenvalue weighted by Crippen LogP contribution is 2.49. The van der Waals surface area contributed by atoms with Crippen LogP contribution in [-0.2, 0) is 17.9 Å². The van der Waals surface area contributed by atoms with E-state index in [-0.39, 0.29) is 12.0 Å². The molecule has 1 aliphatic heterocycles. The molecule has 0 aliphatic carbocycles. The third kappa shape index (κ3) is 6.54. The molecule has 1 aliphatic rings. The Morgan fingerprint density at radius 3 is 2.27 bits per heavy atom. The Hall–Kier alpha value is -4.70. The molecule has 3 heterocycles. The molecule has 6 nitrogen and oxygen atoms in total. The van der Waals surface area contributed by atoms with Crippen molar-refractivity contribution in [3.8, 4) is 21.7 Å². The van der Waals surface area contributed by atoms with Crippen LogP contribution in [0.4, 0.5) is 5.69 Å². The van der Waals surface area contributed by atoms with Crippen LogP contribution in [-0.4, -0.2) is 22.2 Å². The normalized spacial score (nSPS) is 14.3. The molecule has 0 spiro atoms. The van der Waals surface area contributed by atoms with Gasteiger partial charge in [0.1, 0.15) is 9.54 Å². The summed E-state index contributed by atoms with van der Waals surface area (Å²) in [4.78, 5) is 30.0. The number of nitrogens with zero attached hydrogens (tertiary/aromatic N) is 3. The zero-order valence-corrected chi connectivity index (χ0v) is 29.8. The lowest BCUT2D eigenvalue weighted by Gasteiger charge is -2.17. The first-order valence-corrected chi connectivity index (χ1v) is 18.9. The fourth-order valence-corrected chi connectivity index (χ4v) is 9.95. The number of aliphatic carboxylic acids is 1. The molecule has 0 amide bonds. The van der Waals surface area contributed by atoms with Crippen LogP contribution in [0.3, 0.4) is 0 Å². The number of aromatic nitrogens is 2. The Kier molecular flexibility index (Phi) is 9.66. The predicted molar refractivity (Wildman–Crippen MR) is 205 cm³/mol. The van der Waals surface area contributed by atoms with Crippen molar-refractivity contribution in [1.82, 2.24) is 4.57 Å². The highest BCUT2D eigenvalue weighted by atomic mass is 32.2. The number of carboxylic acid groups (broad SMARTS) is 1. The first-order valence-electron chi connectivity index (χ1n) is 16.5. The molecule has 0 bridgehead atoms. The Morgan fingerprint density at radius 1 is 0.837 bits per heavy atom. The largest absolute Gasteiger partial charge is 0.481 e. The Bertz CT molecular complexity index is 2370. The Morgan fingerprint density at radius 2 is 1.55 bits per heavy atom. The second-order valence-corrected chi connectivity index (χ2v) is 14.8. The van der Waals surface area contributed by atoms with Gasteiger partial charge in [-0.3, -0.25) is 14.2 Å². The van der Waals surface area contributed by atoms with E-state index >= 15 is 0 Å². The molecule has 4 aromatic carbocycles. The predicted octanol–water partition coefficient (Wildman–Crippen LogP) is 7.71. The van der Waals surface area contributed by atoms with Crippen molar-refractivity contribution < 1.29 is 14.5 Å². The molecule has 0 saturated carbocycles. The number of carboxylic acids is 1. The lowest BCUT2D eigenvalue weighted by Crippen LogP contribution is -2.38. The van der Waals surface area contributed by atoms with Crippen molar-refractivity contribution >= 4 is 69.0 Å². The van der Waals surface area contributed by atoms with Gasteiger partial charge in [0.15, 0.2) is 6.54 Å². The molecule has 7 rings (SSSR count). The summed E-state index contributed by atoms with van der Waals surface area (Å²) in [7, 11) is 0. The smallest absolute Gasteiger partial charge is 0.303 e. The van der Waals surface area contributed by atoms with E-state index in [9.17, 15) is 14.7 Å². The highest BCUT2D eigenvalue weighted by Gasteiger charge is 2.28. The fourth-order valence-electron chi connectivity index (χ4n) is 6.32. The van der Waals surface area contributed by atoms with Gasteiger partial charge in [0.2, 0.25) is 5.69 Å². The summed E-state index contributed by atoms with van der Waals surface area (Å²) in [5.74, 6) is -0.809. The molecule has 0 radical (unpaired) electrons. The van der Waals surface area contributed by atoms with Gasteiger partial charge in [-0.15, -0.1) is 11.3 Å². The van der Waals surface area contributed by atoms with Gasteiger partial charge in [0.05, 0.1) is 27.7 Å². The van der Waals surface area contributed by atoms with Gasteiger partial charge in [0.25, 0.3) is 10.6 Å². The third-order valence-electron chi connectivity index (χ3n) is 8.63. The quantitative estimate of drug-likeness (QED) is 0.148. The number of thiazole rings is 2. The number of hydrogen-bond acceptors (Lipinski definition) is 6. The van der Waals surface area contributed by atoms with Gasteiger partial charge < -0.3 is 10.0 Å². The first kappa shape index (κ1) is 32.8. The number of allylic oxidation sites excluding steroid dienone is 1. The number of hydrogen-bond donors (Lipinski definition) is 1. The minimum atomic E-state index is -0.809. The van der Waals surface area contributed by atoms with Crippen molar-refractivity contribution in [3.05, 3.63) is 133 Å². The molecule has 9 heteroatoms. The van der Waals surface area contributed by atoms with Crippen molar-refractivity contribution in [2.75, 3.05) is 11.4 Å². The minimum Gasteiger partial charge on any atom is -0.481 e. The van der Waals surface area contributed by atoms with Gasteiger partial charge >= 0.3 is 5.97 Å². The second kappa shape index (κ2) is 14.4. The highest BCUT2D eigenvalue weighted by molar-refractivity contribution is 8.04. The third-order valence-corrected chi connectivity index (χ3v) is 12.1. The van der Waals surface area contributed by atoms with Crippen molar-refractivity contribution in [1.29, 1.82) is 0 Å². The molecule has 6 aromatic rings. The lowest BCUT2D eigenvalue weighted by molar-refractivity contribution is -0.683. The van der Waals surface area contributed by atoms with E-state index in [0.29, 0.717) is 24.0 Å². The number of carbonyl (C=O) groups is 1. The average molecular weight is 703 g/mol. The van der Waals surface area contributed by atoms with Crippen molar-refractivity contribution in [2.45, 2.75) is 44.7 Å². The van der Waals surface area contributed by atoms with Crippen LogP contribution in [0, 0.1) is 0 Å². The summed E-state index contributed by atoms with van der Waals surface area (Å²) in [6.45, 7) is 6.06. The van der Waals surface area contributed by atoms with Gasteiger partial charge in [-0.25, -0.2) is 0 Å². The zero-order valence-electron chi connectivity index (χ0n) is 27.3. The summed E-state index contributed by atoms with van der Waals surface area (Å²) < 4.78 is 5.61. The molecule has 0 fully saturated rings. The number of anilines is 1. The van der Waals surface area contributed by atoms with E-state index in [2.05, 4.69) is 89.2 Å². The summed E-state index contributed by atoms with van der Waals surface area (Å²) >= 11 is 4.92. The molecular weight excluding hydrogens is 667 g/mol. The van der Waals surface area contributed by atoms with Crippen LogP contribution < -0.4 is 24.2 Å². The standard InChI is InChI=1S/C40H35N3O3S3/c1-3-41-31-22-21-27-14-11-12-19-30(27)39(31)48-33(41)24-23-32-40(46)42(4-2)34(47-32)26-35-43(25-13-20-36(44)45)37(28-15-7-5-8-16-28)38(49-35)29-17-9-6-10-18-29/h5-12,14-19,21-24,26H,3-4,13,20,25H2,1-2H3/p+1. The van der Waals surface area contributed by atoms with Crippen LogP contribution >= 0.6 is 34.4 Å². The Balaban J connectivity index is 1.36. The van der Waals surface area contributed by atoms with Crippen LogP contribution in [0.2, 0.25) is 0 Å². The maximum absolute atomic E-state index is 13.8. The van der Waals surface area contributed by atoms with Gasteiger partial charge in [-0.2, -0.15) is 4.57 Å². The van der Waals surface area contributed by atoms with Crippen molar-refractivity contribution in [2.24, 2.45) is 0 Å². The summed E-state index contributed by atoms with van der Waals surface area (Å²) in [6.07, 6.45) is 6.73. The molecular formula is C40H36N3O3S3+. The summed E-state index contributed by atoms with van der Waals surface area (Å²) in [6, 6.07) is 33.4. The second-order valence-electron chi connectivity index (χ2n) is 11.7. The molecule has 0 atom stereocenters. The average Bonchev–Trinajstić information content (AvgIpc) is 3.78. The molecule has 2 aromatic heterocycles. The summed E-state index contributed by atoms with van der Waals surface area (Å²) in [5.41, 5.74) is 4.41. The van der Waals surface area contributed by atoms with E-state index in [1.807, 2.05) is 54.0 Å². The maximum atomic E-state index is 13.8. The maximum Gasteiger partial charge on any atom is 0.303 e. The lowest BCUT2D eigenvalue weighted by atomic mass is 10.1. The van der Waals surface area contributed by atoms with E-state index in [1.54, 1.807) is 23.1 Å². The van der Waals surface area contributed by atoms with Crippen LogP contribution in [0.5, 0.6) is 0 Å².